The van der Waals surface area contributed by atoms with Crippen LogP contribution in [0.25, 0.3) is 11.1 Å². The molecule has 2 heterocycles. The highest BCUT2D eigenvalue weighted by Crippen LogP contribution is 2.40. The first-order chi connectivity index (χ1) is 23.9. The number of anilines is 1. The van der Waals surface area contributed by atoms with Gasteiger partial charge in [0.2, 0.25) is 5.91 Å². The predicted molar refractivity (Wildman–Crippen MR) is 190 cm³/mol. The summed E-state index contributed by atoms with van der Waals surface area (Å²) in [6.07, 6.45) is 13.5. The van der Waals surface area contributed by atoms with E-state index in [0.717, 1.165) is 80.5 Å². The summed E-state index contributed by atoms with van der Waals surface area (Å²) in [5.74, 6) is 2.44. The molecule has 262 valence electrons. The minimum absolute atomic E-state index is 0.0788. The summed E-state index contributed by atoms with van der Waals surface area (Å²) >= 11 is 0. The Balaban J connectivity index is 1.02. The van der Waals surface area contributed by atoms with E-state index in [0.29, 0.717) is 43.5 Å². The third-order valence-electron chi connectivity index (χ3n) is 11.4. The molecule has 2 amide bonds. The lowest BCUT2D eigenvalue weighted by Gasteiger charge is -2.39. The van der Waals surface area contributed by atoms with Gasteiger partial charge in [-0.15, -0.1) is 0 Å². The van der Waals surface area contributed by atoms with Crippen LogP contribution in [0.4, 0.5) is 10.5 Å². The Bertz CT molecular complexity index is 1600. The van der Waals surface area contributed by atoms with Crippen molar-refractivity contribution < 1.29 is 23.8 Å². The number of methoxy groups -OCH3 is 2. The molecule has 4 fully saturated rings. The number of hydrogen-bond donors (Lipinski definition) is 0. The highest BCUT2D eigenvalue weighted by molar-refractivity contribution is 5.95. The Morgan fingerprint density at radius 3 is 2.35 bits per heavy atom. The quantitative estimate of drug-likeness (QED) is 0.208. The number of ether oxygens (including phenoxy) is 3. The van der Waals surface area contributed by atoms with Gasteiger partial charge in [-0.1, -0.05) is 24.3 Å². The van der Waals surface area contributed by atoms with Crippen LogP contribution in [0.1, 0.15) is 87.3 Å². The molecule has 4 aliphatic rings. The van der Waals surface area contributed by atoms with E-state index in [9.17, 15) is 9.59 Å². The zero-order valence-corrected chi connectivity index (χ0v) is 29.4. The molecule has 3 aromatic rings. The van der Waals surface area contributed by atoms with Crippen LogP contribution in [-0.2, 0) is 14.3 Å². The fourth-order valence-electron chi connectivity index (χ4n) is 8.22. The van der Waals surface area contributed by atoms with Gasteiger partial charge < -0.3 is 24.0 Å². The minimum atomic E-state index is -0.231. The van der Waals surface area contributed by atoms with E-state index in [4.69, 9.17) is 14.2 Å². The smallest absolute Gasteiger partial charge is 0.410 e. The van der Waals surface area contributed by atoms with Crippen LogP contribution in [0.15, 0.2) is 54.9 Å². The molecule has 0 atom stereocenters. The highest BCUT2D eigenvalue weighted by Gasteiger charge is 2.36. The summed E-state index contributed by atoms with van der Waals surface area (Å²) < 4.78 is 18.7. The molecule has 3 saturated carbocycles. The van der Waals surface area contributed by atoms with Crippen LogP contribution in [0, 0.1) is 24.7 Å². The Hall–Kier alpha value is -3.85. The third kappa shape index (κ3) is 7.82. The molecular formula is C40H52N4O5. The van der Waals surface area contributed by atoms with Gasteiger partial charge in [-0.05, 0) is 118 Å². The summed E-state index contributed by atoms with van der Waals surface area (Å²) in [7, 11) is 3.42. The molecular weight excluding hydrogens is 616 g/mol. The monoisotopic (exact) mass is 668 g/mol. The number of likely N-dealkylation sites (tertiary alicyclic amines) is 1. The fourth-order valence-corrected chi connectivity index (χ4v) is 8.22. The van der Waals surface area contributed by atoms with Crippen molar-refractivity contribution in [3.8, 4) is 16.9 Å². The van der Waals surface area contributed by atoms with Crippen LogP contribution in [0.3, 0.4) is 0 Å². The Morgan fingerprint density at radius 1 is 0.878 bits per heavy atom. The van der Waals surface area contributed by atoms with Crippen LogP contribution < -0.4 is 9.64 Å². The molecule has 0 N–H and O–H groups in total. The average Bonchev–Trinajstić information content (AvgIpc) is 3.84. The maximum atomic E-state index is 14.5. The van der Waals surface area contributed by atoms with Gasteiger partial charge in [-0.3, -0.25) is 9.48 Å². The lowest BCUT2D eigenvalue weighted by Crippen LogP contribution is -2.52. The molecule has 9 heteroatoms. The van der Waals surface area contributed by atoms with Gasteiger partial charge in [-0.2, -0.15) is 5.10 Å². The number of aryl methyl sites for hydroxylation is 1. The second-order valence-corrected chi connectivity index (χ2v) is 15.0. The van der Waals surface area contributed by atoms with E-state index in [1.54, 1.807) is 19.1 Å². The zero-order chi connectivity index (χ0) is 33.9. The van der Waals surface area contributed by atoms with Gasteiger partial charge >= 0.3 is 6.09 Å². The van der Waals surface area contributed by atoms with Crippen LogP contribution in [0.5, 0.6) is 5.75 Å². The van der Waals surface area contributed by atoms with Crippen LogP contribution >= 0.6 is 0 Å². The Kier molecular flexibility index (Phi) is 10.3. The number of benzene rings is 2. The van der Waals surface area contributed by atoms with Crippen molar-refractivity contribution in [2.75, 3.05) is 45.4 Å². The predicted octanol–water partition coefficient (Wildman–Crippen LogP) is 7.78. The molecule has 9 nitrogen and oxygen atoms in total. The number of nitrogens with zero attached hydrogens (tertiary/aromatic N) is 4. The maximum Gasteiger partial charge on any atom is 0.410 e. The van der Waals surface area contributed by atoms with Gasteiger partial charge in [0.25, 0.3) is 0 Å². The molecule has 0 unspecified atom stereocenters. The van der Waals surface area contributed by atoms with Crippen molar-refractivity contribution in [1.82, 2.24) is 14.7 Å². The van der Waals surface area contributed by atoms with Gasteiger partial charge in [0.15, 0.2) is 0 Å². The van der Waals surface area contributed by atoms with Gasteiger partial charge in [-0.25, -0.2) is 4.79 Å². The lowest BCUT2D eigenvalue weighted by molar-refractivity contribution is -0.124. The molecule has 7 rings (SSSR count). The summed E-state index contributed by atoms with van der Waals surface area (Å²) in [4.78, 5) is 31.0. The number of hydrogen-bond acceptors (Lipinski definition) is 6. The largest absolute Gasteiger partial charge is 0.496 e. The highest BCUT2D eigenvalue weighted by atomic mass is 16.6. The zero-order valence-electron chi connectivity index (χ0n) is 29.4. The van der Waals surface area contributed by atoms with E-state index in [-0.39, 0.29) is 24.0 Å². The molecule has 0 bridgehead atoms. The summed E-state index contributed by atoms with van der Waals surface area (Å²) in [5.41, 5.74) is 5.73. The number of carbonyl (C=O) groups is 2. The standard InChI is InChI=1S/C40H52N4O5/c1-27-19-33(13-18-38(27)48-3)30-9-7-28(8-10-30)24-43(36-6-4-5-32(20-36)34-21-41-44(25-34)35-14-15-35)39(45)31-11-16-37(17-12-31)49-40(46)42-22-29(23-42)26-47-2/h4-6,13,18-21,25,28-31,35,37H,7-12,14-17,22-24,26H2,1-3H3. The molecule has 1 saturated heterocycles. The second kappa shape index (κ2) is 15.0. The molecule has 3 aliphatic carbocycles. The summed E-state index contributed by atoms with van der Waals surface area (Å²) in [6.45, 7) is 4.90. The second-order valence-electron chi connectivity index (χ2n) is 15.0. The van der Waals surface area contributed by atoms with Gasteiger partial charge in [0.05, 0.1) is 26.0 Å². The summed E-state index contributed by atoms with van der Waals surface area (Å²) in [6, 6.07) is 15.6. The molecule has 1 aliphatic heterocycles. The van der Waals surface area contributed by atoms with Gasteiger partial charge in [0, 0.05) is 56.0 Å². The molecule has 2 aromatic carbocycles. The van der Waals surface area contributed by atoms with Gasteiger partial charge in [0.1, 0.15) is 11.9 Å². The van der Waals surface area contributed by atoms with Crippen molar-refractivity contribution in [3.63, 3.8) is 0 Å². The molecule has 0 radical (unpaired) electrons. The fraction of sp³-hybridized carbons (Fsp3) is 0.575. The Labute approximate surface area is 290 Å². The van der Waals surface area contributed by atoms with Crippen molar-refractivity contribution in [3.05, 3.63) is 66.0 Å². The van der Waals surface area contributed by atoms with Crippen molar-refractivity contribution in [2.24, 2.45) is 17.8 Å². The first-order valence-electron chi connectivity index (χ1n) is 18.4. The van der Waals surface area contributed by atoms with E-state index >= 15 is 0 Å². The Morgan fingerprint density at radius 2 is 1.65 bits per heavy atom. The van der Waals surface area contributed by atoms with E-state index in [1.165, 1.54) is 24.0 Å². The SMILES string of the molecule is COCC1CN(C(=O)OC2CCC(C(=O)N(CC3CCC(c4ccc(OC)c(C)c4)CC3)c3cccc(-c4cnn(C5CC5)c4)c3)CC2)C1. The average molecular weight is 669 g/mol. The number of amides is 2. The molecule has 49 heavy (non-hydrogen) atoms. The van der Waals surface area contributed by atoms with Crippen LogP contribution in [0.2, 0.25) is 0 Å². The van der Waals surface area contributed by atoms with E-state index in [1.807, 2.05) is 6.20 Å². The van der Waals surface area contributed by atoms with E-state index < -0.39 is 0 Å². The lowest BCUT2D eigenvalue weighted by atomic mass is 9.78. The van der Waals surface area contributed by atoms with Crippen LogP contribution in [-0.4, -0.2) is 73.2 Å². The molecule has 0 spiro atoms. The number of carbonyl (C=O) groups excluding carboxylic acids is 2. The summed E-state index contributed by atoms with van der Waals surface area (Å²) in [5, 5.41) is 4.62. The minimum Gasteiger partial charge on any atom is -0.496 e. The van der Waals surface area contributed by atoms with Crippen molar-refractivity contribution in [2.45, 2.75) is 89.2 Å². The first-order valence-corrected chi connectivity index (χ1v) is 18.4. The third-order valence-corrected chi connectivity index (χ3v) is 11.4. The number of rotatable bonds is 11. The van der Waals surface area contributed by atoms with Crippen molar-refractivity contribution in [1.29, 1.82) is 0 Å². The molecule has 1 aromatic heterocycles. The number of aromatic nitrogens is 2. The van der Waals surface area contributed by atoms with Crippen molar-refractivity contribution >= 4 is 17.7 Å². The topological polar surface area (TPSA) is 86.1 Å². The van der Waals surface area contributed by atoms with E-state index in [2.05, 4.69) is 70.3 Å². The maximum absolute atomic E-state index is 14.5. The first kappa shape index (κ1) is 33.6. The normalized spacial score (nSPS) is 24.3.